The lowest BCUT2D eigenvalue weighted by atomic mass is 9.88. The second-order valence-corrected chi connectivity index (χ2v) is 3.17. The quantitative estimate of drug-likeness (QED) is 0.787. The fourth-order valence-corrected chi connectivity index (χ4v) is 1.65. The van der Waals surface area contributed by atoms with E-state index in [0.29, 0.717) is 6.54 Å². The van der Waals surface area contributed by atoms with Crippen LogP contribution in [-0.4, -0.2) is 20.8 Å². The van der Waals surface area contributed by atoms with E-state index in [-0.39, 0.29) is 0 Å². The molecule has 0 spiro atoms. The van der Waals surface area contributed by atoms with Crippen LogP contribution in [0.25, 0.3) is 11.6 Å². The van der Waals surface area contributed by atoms with Crippen LogP contribution in [0.2, 0.25) is 0 Å². The van der Waals surface area contributed by atoms with Crippen molar-refractivity contribution in [2.75, 3.05) is 20.8 Å². The van der Waals surface area contributed by atoms with Gasteiger partial charge in [0, 0.05) is 6.54 Å². The van der Waals surface area contributed by atoms with Gasteiger partial charge < -0.3 is 15.2 Å². The first-order valence-corrected chi connectivity index (χ1v) is 4.47. The molecule has 74 valence electrons. The summed E-state index contributed by atoms with van der Waals surface area (Å²) in [5, 5.41) is 0. The average molecular weight is 191 g/mol. The number of ether oxygens (including phenoxy) is 2. The third-order valence-electron chi connectivity index (χ3n) is 2.45. The Hall–Kier alpha value is -1.48. The zero-order chi connectivity index (χ0) is 10.1. The molecule has 1 aliphatic carbocycles. The first kappa shape index (κ1) is 9.09. The van der Waals surface area contributed by atoms with Gasteiger partial charge in [0.25, 0.3) is 0 Å². The molecule has 0 fully saturated rings. The Morgan fingerprint density at radius 3 is 2.36 bits per heavy atom. The second kappa shape index (κ2) is 3.35. The van der Waals surface area contributed by atoms with Gasteiger partial charge in [0.05, 0.1) is 14.2 Å². The van der Waals surface area contributed by atoms with E-state index in [4.69, 9.17) is 15.2 Å². The Morgan fingerprint density at radius 1 is 1.14 bits per heavy atom. The van der Waals surface area contributed by atoms with Crippen molar-refractivity contribution in [3.8, 4) is 11.5 Å². The van der Waals surface area contributed by atoms with Gasteiger partial charge in [0.1, 0.15) is 0 Å². The third-order valence-corrected chi connectivity index (χ3v) is 2.45. The maximum absolute atomic E-state index is 5.57. The van der Waals surface area contributed by atoms with Crippen LogP contribution in [0.3, 0.4) is 0 Å². The number of rotatable bonds is 3. The summed E-state index contributed by atoms with van der Waals surface area (Å²) in [7, 11) is 3.27. The number of hydrogen-bond acceptors (Lipinski definition) is 3. The lowest BCUT2D eigenvalue weighted by Crippen LogP contribution is -2.10. The molecule has 0 amide bonds. The molecule has 2 N–H and O–H groups in total. The molecule has 0 unspecified atom stereocenters. The number of hydrogen-bond donors (Lipinski definition) is 1. The molecule has 1 aliphatic rings. The van der Waals surface area contributed by atoms with Crippen LogP contribution < -0.4 is 15.2 Å². The van der Waals surface area contributed by atoms with Crippen LogP contribution >= 0.6 is 0 Å². The summed E-state index contributed by atoms with van der Waals surface area (Å²) in [4.78, 5) is 0. The molecule has 0 saturated carbocycles. The standard InChI is InChI=1S/C11H13NO2/c1-13-10-4-7-3-8(6-12)9(7)5-11(10)14-2/h3-5H,6,12H2,1-2H3. The van der Waals surface area contributed by atoms with Crippen molar-refractivity contribution in [2.24, 2.45) is 5.73 Å². The molecule has 1 aromatic rings. The van der Waals surface area contributed by atoms with Crippen LogP contribution in [0.4, 0.5) is 0 Å². The summed E-state index contributed by atoms with van der Waals surface area (Å²) >= 11 is 0. The third kappa shape index (κ3) is 1.17. The summed E-state index contributed by atoms with van der Waals surface area (Å²) in [6.45, 7) is 0.572. The Kier molecular flexibility index (Phi) is 2.17. The fourth-order valence-electron chi connectivity index (χ4n) is 1.65. The minimum absolute atomic E-state index is 0.572. The number of benzene rings is 1. The minimum atomic E-state index is 0.572. The van der Waals surface area contributed by atoms with Gasteiger partial charge in [-0.15, -0.1) is 0 Å². The summed E-state index contributed by atoms with van der Waals surface area (Å²) in [5.74, 6) is 1.52. The highest BCUT2D eigenvalue weighted by Gasteiger charge is 2.18. The molecule has 14 heavy (non-hydrogen) atoms. The lowest BCUT2D eigenvalue weighted by molar-refractivity contribution is 0.354. The molecule has 0 aromatic heterocycles. The highest BCUT2D eigenvalue weighted by Crippen LogP contribution is 2.39. The van der Waals surface area contributed by atoms with E-state index in [1.54, 1.807) is 14.2 Å². The van der Waals surface area contributed by atoms with Crippen molar-refractivity contribution in [3.05, 3.63) is 23.3 Å². The summed E-state index contributed by atoms with van der Waals surface area (Å²) in [5.41, 5.74) is 9.08. The monoisotopic (exact) mass is 191 g/mol. The van der Waals surface area contributed by atoms with Crippen molar-refractivity contribution in [3.63, 3.8) is 0 Å². The van der Waals surface area contributed by atoms with E-state index in [1.165, 1.54) is 16.7 Å². The Labute approximate surface area is 83.1 Å². The van der Waals surface area contributed by atoms with E-state index in [2.05, 4.69) is 6.08 Å². The SMILES string of the molecule is COc1cc2c(cc1OC)C(CN)=C2. The fraction of sp³-hybridized carbons (Fsp3) is 0.273. The molecule has 0 atom stereocenters. The van der Waals surface area contributed by atoms with Crippen molar-refractivity contribution >= 4 is 11.6 Å². The molecule has 0 bridgehead atoms. The van der Waals surface area contributed by atoms with Crippen LogP contribution in [-0.2, 0) is 0 Å². The topological polar surface area (TPSA) is 44.5 Å². The van der Waals surface area contributed by atoms with Gasteiger partial charge in [0.2, 0.25) is 0 Å². The van der Waals surface area contributed by atoms with Crippen LogP contribution in [0.1, 0.15) is 11.1 Å². The van der Waals surface area contributed by atoms with E-state index < -0.39 is 0 Å². The average Bonchev–Trinajstić information content (AvgIpc) is 2.20. The van der Waals surface area contributed by atoms with Gasteiger partial charge >= 0.3 is 0 Å². The van der Waals surface area contributed by atoms with Crippen LogP contribution in [0.15, 0.2) is 12.1 Å². The summed E-state index contributed by atoms with van der Waals surface area (Å²) < 4.78 is 10.4. The molecule has 3 heteroatoms. The van der Waals surface area contributed by atoms with Crippen LogP contribution in [0.5, 0.6) is 11.5 Å². The minimum Gasteiger partial charge on any atom is -0.493 e. The largest absolute Gasteiger partial charge is 0.493 e. The van der Waals surface area contributed by atoms with Crippen molar-refractivity contribution in [1.29, 1.82) is 0 Å². The first-order chi connectivity index (χ1) is 6.80. The van der Waals surface area contributed by atoms with Gasteiger partial charge in [-0.3, -0.25) is 0 Å². The molecule has 0 radical (unpaired) electrons. The molecular weight excluding hydrogens is 178 g/mol. The van der Waals surface area contributed by atoms with E-state index in [0.717, 1.165) is 11.5 Å². The van der Waals surface area contributed by atoms with Gasteiger partial charge in [0.15, 0.2) is 11.5 Å². The van der Waals surface area contributed by atoms with Crippen molar-refractivity contribution in [2.45, 2.75) is 0 Å². The van der Waals surface area contributed by atoms with Gasteiger partial charge in [-0.25, -0.2) is 0 Å². The summed E-state index contributed by atoms with van der Waals surface area (Å²) in [6.07, 6.45) is 2.07. The maximum Gasteiger partial charge on any atom is 0.161 e. The predicted molar refractivity (Wildman–Crippen MR) is 56.5 cm³/mol. The lowest BCUT2D eigenvalue weighted by Gasteiger charge is -2.21. The molecule has 2 rings (SSSR count). The van der Waals surface area contributed by atoms with Crippen molar-refractivity contribution in [1.82, 2.24) is 0 Å². The van der Waals surface area contributed by atoms with Gasteiger partial charge in [-0.1, -0.05) is 0 Å². The molecular formula is C11H13NO2. The number of nitrogens with two attached hydrogens (primary N) is 1. The molecule has 0 heterocycles. The Balaban J connectivity index is 2.43. The highest BCUT2D eigenvalue weighted by atomic mass is 16.5. The van der Waals surface area contributed by atoms with Gasteiger partial charge in [-0.2, -0.15) is 0 Å². The summed E-state index contributed by atoms with van der Waals surface area (Å²) in [6, 6.07) is 3.93. The predicted octanol–water partition coefficient (Wildman–Crippen LogP) is 1.52. The maximum atomic E-state index is 5.57. The number of fused-ring (bicyclic) bond motifs is 1. The molecule has 0 saturated heterocycles. The Morgan fingerprint density at radius 2 is 1.79 bits per heavy atom. The molecule has 1 aromatic carbocycles. The smallest absolute Gasteiger partial charge is 0.161 e. The van der Waals surface area contributed by atoms with E-state index in [9.17, 15) is 0 Å². The normalized spacial score (nSPS) is 12.6. The molecule has 0 aliphatic heterocycles. The van der Waals surface area contributed by atoms with E-state index >= 15 is 0 Å². The van der Waals surface area contributed by atoms with Crippen LogP contribution in [0, 0.1) is 0 Å². The van der Waals surface area contributed by atoms with Gasteiger partial charge in [-0.05, 0) is 34.9 Å². The first-order valence-electron chi connectivity index (χ1n) is 4.47. The Bertz CT molecular complexity index is 397. The molecule has 3 nitrogen and oxygen atoms in total. The highest BCUT2D eigenvalue weighted by molar-refractivity contribution is 5.97. The zero-order valence-corrected chi connectivity index (χ0v) is 8.33. The van der Waals surface area contributed by atoms with Crippen molar-refractivity contribution < 1.29 is 9.47 Å². The van der Waals surface area contributed by atoms with E-state index in [1.807, 2.05) is 12.1 Å². The second-order valence-electron chi connectivity index (χ2n) is 3.17. The zero-order valence-electron chi connectivity index (χ0n) is 8.33. The number of methoxy groups -OCH3 is 2.